The van der Waals surface area contributed by atoms with Gasteiger partial charge in [0.25, 0.3) is 0 Å². The number of hydrogen-bond acceptors (Lipinski definition) is 2. The van der Waals surface area contributed by atoms with Crippen LogP contribution in [0.3, 0.4) is 0 Å². The molecule has 0 radical (unpaired) electrons. The highest BCUT2D eigenvalue weighted by Crippen LogP contribution is 2.49. The van der Waals surface area contributed by atoms with Crippen molar-refractivity contribution in [3.8, 4) is 0 Å². The highest BCUT2D eigenvalue weighted by Gasteiger charge is 2.38. The molecule has 1 saturated carbocycles. The van der Waals surface area contributed by atoms with Gasteiger partial charge in [-0.05, 0) is 30.9 Å². The molecule has 0 spiro atoms. The normalized spacial score (nSPS) is 25.5. The van der Waals surface area contributed by atoms with E-state index in [1.807, 2.05) is 18.4 Å². The molecule has 0 amide bonds. The lowest BCUT2D eigenvalue weighted by Crippen LogP contribution is -2.01. The second-order valence-corrected chi connectivity index (χ2v) is 4.03. The summed E-state index contributed by atoms with van der Waals surface area (Å²) in [6.45, 7) is 0.796. The van der Waals surface area contributed by atoms with Crippen LogP contribution >= 0.6 is 0 Å². The van der Waals surface area contributed by atoms with Crippen molar-refractivity contribution in [1.82, 2.24) is 0 Å². The van der Waals surface area contributed by atoms with Crippen LogP contribution in [0.1, 0.15) is 17.9 Å². The number of rotatable bonds is 2. The van der Waals surface area contributed by atoms with Gasteiger partial charge in [-0.25, -0.2) is 0 Å². The Kier molecular flexibility index (Phi) is 1.64. The smallest absolute Gasteiger partial charge is 0.134 e. The van der Waals surface area contributed by atoms with Gasteiger partial charge in [-0.1, -0.05) is 18.2 Å². The Labute approximate surface area is 82.7 Å². The van der Waals surface area contributed by atoms with E-state index in [0.717, 1.165) is 12.1 Å². The zero-order chi connectivity index (χ0) is 9.54. The van der Waals surface area contributed by atoms with Crippen molar-refractivity contribution in [3.05, 3.63) is 36.1 Å². The fourth-order valence-corrected chi connectivity index (χ4v) is 2.17. The van der Waals surface area contributed by atoms with E-state index in [9.17, 15) is 0 Å². The summed E-state index contributed by atoms with van der Waals surface area (Å²) in [7, 11) is 0. The Balaban J connectivity index is 2.06. The third-order valence-electron chi connectivity index (χ3n) is 3.14. The molecule has 2 nitrogen and oxygen atoms in total. The van der Waals surface area contributed by atoms with Crippen LogP contribution in [0.2, 0.25) is 0 Å². The van der Waals surface area contributed by atoms with E-state index in [2.05, 4.69) is 12.1 Å². The van der Waals surface area contributed by atoms with Crippen LogP contribution in [0.15, 0.2) is 34.9 Å². The maximum atomic E-state index is 5.64. The van der Waals surface area contributed by atoms with E-state index in [1.54, 1.807) is 0 Å². The molecule has 1 aromatic heterocycles. The summed E-state index contributed by atoms with van der Waals surface area (Å²) < 4.78 is 5.50. The van der Waals surface area contributed by atoms with Gasteiger partial charge in [0.15, 0.2) is 0 Å². The molecule has 2 atom stereocenters. The molecule has 0 bridgehead atoms. The summed E-state index contributed by atoms with van der Waals surface area (Å²) in [5, 5.41) is 1.26. The van der Waals surface area contributed by atoms with Crippen LogP contribution in [0.4, 0.5) is 0 Å². The second kappa shape index (κ2) is 2.85. The van der Waals surface area contributed by atoms with Gasteiger partial charge in [-0.3, -0.25) is 0 Å². The van der Waals surface area contributed by atoms with Gasteiger partial charge in [0.2, 0.25) is 0 Å². The molecule has 2 N–H and O–H groups in total. The highest BCUT2D eigenvalue weighted by molar-refractivity contribution is 5.81. The molecular formula is C12H13NO. The first kappa shape index (κ1) is 8.06. The third kappa shape index (κ3) is 1.07. The van der Waals surface area contributed by atoms with Crippen molar-refractivity contribution in [2.45, 2.75) is 12.3 Å². The molecule has 1 aliphatic rings. The van der Waals surface area contributed by atoms with Gasteiger partial charge < -0.3 is 10.2 Å². The summed E-state index contributed by atoms with van der Waals surface area (Å²) in [4.78, 5) is 0. The van der Waals surface area contributed by atoms with Crippen molar-refractivity contribution >= 4 is 11.0 Å². The second-order valence-electron chi connectivity index (χ2n) is 4.03. The summed E-state index contributed by atoms with van der Waals surface area (Å²) in [6.07, 6.45) is 3.12. The van der Waals surface area contributed by atoms with Crippen LogP contribution in [0.5, 0.6) is 0 Å². The molecule has 14 heavy (non-hydrogen) atoms. The van der Waals surface area contributed by atoms with E-state index in [-0.39, 0.29) is 0 Å². The third-order valence-corrected chi connectivity index (χ3v) is 3.14. The van der Waals surface area contributed by atoms with Crippen molar-refractivity contribution < 1.29 is 4.42 Å². The fraction of sp³-hybridized carbons (Fsp3) is 0.333. The average Bonchev–Trinajstić information content (AvgIpc) is 2.90. The quantitative estimate of drug-likeness (QED) is 0.784. The molecule has 0 aliphatic heterocycles. The molecule has 3 rings (SSSR count). The van der Waals surface area contributed by atoms with Gasteiger partial charge in [0.05, 0.1) is 6.26 Å². The Morgan fingerprint density at radius 1 is 1.36 bits per heavy atom. The molecular weight excluding hydrogens is 174 g/mol. The molecule has 1 heterocycles. The van der Waals surface area contributed by atoms with Crippen molar-refractivity contribution in [1.29, 1.82) is 0 Å². The molecule has 1 fully saturated rings. The Hall–Kier alpha value is -1.28. The molecule has 2 unspecified atom stereocenters. The molecule has 0 saturated heterocycles. The Bertz CT molecular complexity index is 460. The molecule has 1 aliphatic carbocycles. The van der Waals surface area contributed by atoms with Crippen LogP contribution < -0.4 is 5.73 Å². The minimum absolute atomic E-state index is 0.642. The summed E-state index contributed by atoms with van der Waals surface area (Å²) in [6, 6.07) is 8.20. The molecule has 2 aromatic rings. The topological polar surface area (TPSA) is 39.2 Å². The zero-order valence-electron chi connectivity index (χ0n) is 7.94. The number of hydrogen-bond donors (Lipinski definition) is 1. The lowest BCUT2D eigenvalue weighted by Gasteiger charge is -1.94. The van der Waals surface area contributed by atoms with Crippen molar-refractivity contribution in [2.75, 3.05) is 6.54 Å². The summed E-state index contributed by atoms with van der Waals surface area (Å²) in [5.74, 6) is 1.32. The van der Waals surface area contributed by atoms with Gasteiger partial charge in [0, 0.05) is 10.9 Å². The predicted molar refractivity (Wildman–Crippen MR) is 56.1 cm³/mol. The first-order valence-corrected chi connectivity index (χ1v) is 5.06. The largest absolute Gasteiger partial charge is 0.464 e. The minimum atomic E-state index is 0.642. The number of nitrogens with two attached hydrogens (primary N) is 1. The summed E-state index contributed by atoms with van der Waals surface area (Å²) >= 11 is 0. The molecule has 1 aromatic carbocycles. The lowest BCUT2D eigenvalue weighted by molar-refractivity contribution is 0.609. The Morgan fingerprint density at radius 3 is 3.00 bits per heavy atom. The molecule has 2 heteroatoms. The number of benzene rings is 1. The maximum Gasteiger partial charge on any atom is 0.134 e. The zero-order valence-corrected chi connectivity index (χ0v) is 7.94. The van der Waals surface area contributed by atoms with Crippen molar-refractivity contribution in [3.63, 3.8) is 0 Å². The van der Waals surface area contributed by atoms with Gasteiger partial charge in [0.1, 0.15) is 5.58 Å². The SMILES string of the molecule is NCC1CC1c1coc2ccccc12. The summed E-state index contributed by atoms with van der Waals surface area (Å²) in [5.41, 5.74) is 7.98. The first-order valence-electron chi connectivity index (χ1n) is 5.06. The fourth-order valence-electron chi connectivity index (χ4n) is 2.17. The van der Waals surface area contributed by atoms with Gasteiger partial charge in [-0.2, -0.15) is 0 Å². The monoisotopic (exact) mass is 187 g/mol. The van der Waals surface area contributed by atoms with E-state index >= 15 is 0 Å². The van der Waals surface area contributed by atoms with Crippen LogP contribution in [0, 0.1) is 5.92 Å². The Morgan fingerprint density at radius 2 is 2.21 bits per heavy atom. The highest BCUT2D eigenvalue weighted by atomic mass is 16.3. The van der Waals surface area contributed by atoms with E-state index in [0.29, 0.717) is 11.8 Å². The van der Waals surface area contributed by atoms with E-state index in [4.69, 9.17) is 10.2 Å². The molecule has 72 valence electrons. The minimum Gasteiger partial charge on any atom is -0.464 e. The first-order chi connectivity index (χ1) is 6.90. The van der Waals surface area contributed by atoms with Crippen molar-refractivity contribution in [2.24, 2.45) is 11.7 Å². The maximum absolute atomic E-state index is 5.64. The number of fused-ring (bicyclic) bond motifs is 1. The van der Waals surface area contributed by atoms with Crippen LogP contribution in [0.25, 0.3) is 11.0 Å². The number of para-hydroxylation sites is 1. The van der Waals surface area contributed by atoms with Gasteiger partial charge in [-0.15, -0.1) is 0 Å². The van der Waals surface area contributed by atoms with Crippen LogP contribution in [-0.4, -0.2) is 6.54 Å². The lowest BCUT2D eigenvalue weighted by atomic mass is 10.1. The standard InChI is InChI=1S/C12H13NO/c13-6-8-5-10(8)11-7-14-12-4-2-1-3-9(11)12/h1-4,7-8,10H,5-6,13H2. The average molecular weight is 187 g/mol. The predicted octanol–water partition coefficient (Wildman–Crippen LogP) is 2.50. The van der Waals surface area contributed by atoms with Gasteiger partial charge >= 0.3 is 0 Å². The van der Waals surface area contributed by atoms with E-state index < -0.39 is 0 Å². The van der Waals surface area contributed by atoms with Crippen LogP contribution in [-0.2, 0) is 0 Å². The van der Waals surface area contributed by atoms with E-state index in [1.165, 1.54) is 17.4 Å². The number of furan rings is 1.